The summed E-state index contributed by atoms with van der Waals surface area (Å²) in [5.41, 5.74) is 1.33. The Morgan fingerprint density at radius 3 is 2.62 bits per heavy atom. The largest absolute Gasteiger partial charge is 0.126 e. The van der Waals surface area contributed by atoms with Crippen LogP contribution in [0.2, 0.25) is 0 Å². The van der Waals surface area contributed by atoms with Gasteiger partial charge in [-0.1, -0.05) is 23.2 Å². The highest BCUT2D eigenvalue weighted by atomic mass is 35.5. The Morgan fingerprint density at radius 1 is 1.62 bits per heavy atom. The van der Waals surface area contributed by atoms with E-state index in [2.05, 4.69) is 0 Å². The summed E-state index contributed by atoms with van der Waals surface area (Å²) in [5.74, 6) is 1.41. The molecule has 4 heteroatoms. The Hall–Kier alpha value is 0.960. The molecule has 0 saturated heterocycles. The molecule has 0 bridgehead atoms. The van der Waals surface area contributed by atoms with E-state index >= 15 is 0 Å². The van der Waals surface area contributed by atoms with Crippen molar-refractivity contribution in [1.29, 1.82) is 0 Å². The maximum absolute atomic E-state index is 5.48. The maximum Gasteiger partial charge on any atom is 0.0848 e. The average Bonchev–Trinajstić information content (AvgIpc) is 1.83. The second-order valence-electron chi connectivity index (χ2n) is 0.951. The Balaban J connectivity index is 3.12. The Bertz CT molecular complexity index is 81.4. The molecule has 0 radical (unpaired) electrons. The Kier molecular flexibility index (Phi) is 6.82. The van der Waals surface area contributed by atoms with Crippen LogP contribution in [0.1, 0.15) is 0 Å². The van der Waals surface area contributed by atoms with Gasteiger partial charge in [-0.3, -0.25) is 0 Å². The summed E-state index contributed by atoms with van der Waals surface area (Å²) < 4.78 is 0.590. The zero-order valence-corrected chi connectivity index (χ0v) is 7.12. The fraction of sp³-hybridized carbons (Fsp3) is 0.500. The second-order valence-corrected chi connectivity index (χ2v) is 3.31. The first kappa shape index (κ1) is 8.96. The minimum Gasteiger partial charge on any atom is -0.126 e. The zero-order chi connectivity index (χ0) is 6.41. The third-order valence-electron chi connectivity index (χ3n) is 0.403. The van der Waals surface area contributed by atoms with Crippen molar-refractivity contribution in [2.45, 2.75) is 0 Å². The molecule has 0 unspecified atom stereocenters. The molecule has 0 aliphatic carbocycles. The zero-order valence-electron chi connectivity index (χ0n) is 4.03. The van der Waals surface area contributed by atoms with Crippen molar-refractivity contribution in [2.75, 3.05) is 11.6 Å². The van der Waals surface area contributed by atoms with Gasteiger partial charge in [0.05, 0.1) is 4.36 Å². The van der Waals surface area contributed by atoms with Crippen LogP contribution < -0.4 is 0 Å². The minimum atomic E-state index is 0.590. The monoisotopic (exact) mass is 190 g/mol. The third kappa shape index (κ3) is 5.10. The number of hydrogen-bond donors (Lipinski definition) is 0. The summed E-state index contributed by atoms with van der Waals surface area (Å²) >= 11 is 17.5. The summed E-state index contributed by atoms with van der Waals surface area (Å²) in [5, 5.41) is 0. The van der Waals surface area contributed by atoms with Gasteiger partial charge in [-0.15, -0.1) is 23.4 Å². The van der Waals surface area contributed by atoms with Gasteiger partial charge in [0.1, 0.15) is 0 Å². The van der Waals surface area contributed by atoms with Gasteiger partial charge < -0.3 is 0 Å². The van der Waals surface area contributed by atoms with Gasteiger partial charge >= 0.3 is 0 Å². The van der Waals surface area contributed by atoms with Crippen molar-refractivity contribution in [3.8, 4) is 0 Å². The van der Waals surface area contributed by atoms with Crippen LogP contribution in [0.25, 0.3) is 0 Å². The lowest BCUT2D eigenvalue weighted by Gasteiger charge is -1.90. The SMILES string of the molecule is Cl/C=C(/Cl)SCCCl. The lowest BCUT2D eigenvalue weighted by atomic mass is 11.0. The van der Waals surface area contributed by atoms with E-state index in [4.69, 9.17) is 34.8 Å². The van der Waals surface area contributed by atoms with Crippen LogP contribution >= 0.6 is 46.6 Å². The minimum absolute atomic E-state index is 0.590. The van der Waals surface area contributed by atoms with E-state index < -0.39 is 0 Å². The lowest BCUT2D eigenvalue weighted by Crippen LogP contribution is -1.74. The quantitative estimate of drug-likeness (QED) is 0.617. The van der Waals surface area contributed by atoms with Crippen molar-refractivity contribution in [3.05, 3.63) is 9.90 Å². The topological polar surface area (TPSA) is 0 Å². The maximum atomic E-state index is 5.48. The van der Waals surface area contributed by atoms with Crippen LogP contribution in [-0.4, -0.2) is 11.6 Å². The standard InChI is InChI=1S/C4H5Cl3S/c5-1-2-8-4(7)3-6/h3H,1-2H2/b4-3-. The number of alkyl halides is 1. The Labute approximate surface area is 68.2 Å². The van der Waals surface area contributed by atoms with Crippen LogP contribution in [0.15, 0.2) is 9.90 Å². The van der Waals surface area contributed by atoms with E-state index in [1.807, 2.05) is 0 Å². The normalized spacial score (nSPS) is 12.1. The highest BCUT2D eigenvalue weighted by Gasteiger charge is 1.88. The first-order chi connectivity index (χ1) is 3.81. The molecule has 0 spiro atoms. The van der Waals surface area contributed by atoms with E-state index in [0.717, 1.165) is 5.75 Å². The number of hydrogen-bond acceptors (Lipinski definition) is 1. The summed E-state index contributed by atoms with van der Waals surface area (Å²) in [6, 6.07) is 0. The summed E-state index contributed by atoms with van der Waals surface area (Å²) in [4.78, 5) is 0. The van der Waals surface area contributed by atoms with Gasteiger partial charge in [0, 0.05) is 17.2 Å². The van der Waals surface area contributed by atoms with E-state index in [9.17, 15) is 0 Å². The molecule has 48 valence electrons. The molecule has 0 N–H and O–H groups in total. The van der Waals surface area contributed by atoms with Gasteiger partial charge in [0.2, 0.25) is 0 Å². The highest BCUT2D eigenvalue weighted by Crippen LogP contribution is 2.20. The highest BCUT2D eigenvalue weighted by molar-refractivity contribution is 8.04. The summed E-state index contributed by atoms with van der Waals surface area (Å²) in [7, 11) is 0. The van der Waals surface area contributed by atoms with Gasteiger partial charge in [-0.25, -0.2) is 0 Å². The van der Waals surface area contributed by atoms with E-state index in [1.54, 1.807) is 0 Å². The van der Waals surface area contributed by atoms with Crippen molar-refractivity contribution < 1.29 is 0 Å². The molecule has 0 aromatic rings. The molecule has 0 aromatic heterocycles. The molecule has 0 heterocycles. The molecule has 0 amide bonds. The van der Waals surface area contributed by atoms with Gasteiger partial charge in [0.25, 0.3) is 0 Å². The predicted molar refractivity (Wildman–Crippen MR) is 43.0 cm³/mol. The number of halogens is 3. The molecule has 0 rings (SSSR count). The van der Waals surface area contributed by atoms with E-state index in [-0.39, 0.29) is 0 Å². The van der Waals surface area contributed by atoms with E-state index in [1.165, 1.54) is 17.3 Å². The summed E-state index contributed by atoms with van der Waals surface area (Å²) in [6.07, 6.45) is 0. The number of rotatable bonds is 3. The van der Waals surface area contributed by atoms with Gasteiger partial charge in [0.15, 0.2) is 0 Å². The predicted octanol–water partition coefficient (Wildman–Crippen LogP) is 3.23. The average molecular weight is 192 g/mol. The van der Waals surface area contributed by atoms with Crippen molar-refractivity contribution in [3.63, 3.8) is 0 Å². The van der Waals surface area contributed by atoms with E-state index in [0.29, 0.717) is 10.2 Å². The molecule has 8 heavy (non-hydrogen) atoms. The molecule has 0 aliphatic heterocycles. The van der Waals surface area contributed by atoms with Gasteiger partial charge in [-0.05, 0) is 0 Å². The fourth-order valence-electron chi connectivity index (χ4n) is 0.168. The van der Waals surface area contributed by atoms with Crippen molar-refractivity contribution >= 4 is 46.6 Å². The van der Waals surface area contributed by atoms with Crippen LogP contribution in [0.4, 0.5) is 0 Å². The van der Waals surface area contributed by atoms with Crippen LogP contribution in [-0.2, 0) is 0 Å². The van der Waals surface area contributed by atoms with Crippen LogP contribution in [0, 0.1) is 0 Å². The summed E-state index contributed by atoms with van der Waals surface area (Å²) in [6.45, 7) is 0. The third-order valence-corrected chi connectivity index (χ3v) is 2.51. The molecule has 0 fully saturated rings. The van der Waals surface area contributed by atoms with Gasteiger partial charge in [-0.2, -0.15) is 0 Å². The molecule has 0 aromatic carbocycles. The number of thioether (sulfide) groups is 1. The second kappa shape index (κ2) is 6.09. The van der Waals surface area contributed by atoms with Crippen molar-refractivity contribution in [1.82, 2.24) is 0 Å². The Morgan fingerprint density at radius 2 is 2.25 bits per heavy atom. The smallest absolute Gasteiger partial charge is 0.0848 e. The molecular weight excluding hydrogens is 186 g/mol. The molecule has 0 atom stereocenters. The molecule has 0 nitrogen and oxygen atoms in total. The fourth-order valence-corrected chi connectivity index (χ4v) is 1.15. The van der Waals surface area contributed by atoms with Crippen LogP contribution in [0.3, 0.4) is 0 Å². The lowest BCUT2D eigenvalue weighted by molar-refractivity contribution is 1.54. The first-order valence-electron chi connectivity index (χ1n) is 1.96. The van der Waals surface area contributed by atoms with Crippen LogP contribution in [0.5, 0.6) is 0 Å². The van der Waals surface area contributed by atoms with Crippen molar-refractivity contribution in [2.24, 2.45) is 0 Å². The molecule has 0 saturated carbocycles. The first-order valence-corrected chi connectivity index (χ1v) is 4.29. The molecule has 0 aliphatic rings. The molecular formula is C4H5Cl3S.